The number of likely N-dealkylation sites (tertiary alicyclic amines) is 1. The Hall–Kier alpha value is -3.06. The molecule has 3 heterocycles. The van der Waals surface area contributed by atoms with Crippen molar-refractivity contribution in [2.45, 2.75) is 19.5 Å². The van der Waals surface area contributed by atoms with Crippen LogP contribution in [0.3, 0.4) is 0 Å². The summed E-state index contributed by atoms with van der Waals surface area (Å²) in [5, 5.41) is 11.3. The first kappa shape index (κ1) is 18.0. The van der Waals surface area contributed by atoms with Crippen LogP contribution in [0.15, 0.2) is 54.6 Å². The van der Waals surface area contributed by atoms with Crippen molar-refractivity contribution in [1.82, 2.24) is 19.7 Å². The lowest BCUT2D eigenvalue weighted by atomic mass is 9.89. The number of carbonyl (C=O) groups is 1. The summed E-state index contributed by atoms with van der Waals surface area (Å²) in [6, 6.07) is 16.2. The molecule has 6 nitrogen and oxygen atoms in total. The first-order valence-corrected chi connectivity index (χ1v) is 9.91. The molecule has 1 amide bonds. The summed E-state index contributed by atoms with van der Waals surface area (Å²) in [5.41, 5.74) is 1.73. The molecule has 0 unspecified atom stereocenters. The van der Waals surface area contributed by atoms with Gasteiger partial charge in [-0.1, -0.05) is 30.3 Å². The molecular weight excluding hydrogens is 369 g/mol. The van der Waals surface area contributed by atoms with Gasteiger partial charge in [-0.2, -0.15) is 0 Å². The van der Waals surface area contributed by atoms with E-state index in [9.17, 15) is 9.18 Å². The first-order valence-electron chi connectivity index (χ1n) is 9.91. The van der Waals surface area contributed by atoms with Gasteiger partial charge < -0.3 is 9.88 Å². The van der Waals surface area contributed by atoms with E-state index in [1.165, 1.54) is 6.07 Å². The Morgan fingerprint density at radius 3 is 2.69 bits per heavy atom. The van der Waals surface area contributed by atoms with Crippen LogP contribution in [0.25, 0.3) is 0 Å². The number of rotatable bonds is 4. The number of aromatic nitrogens is 3. The number of nitrogens with zero attached hydrogens (tertiary/aromatic N) is 4. The minimum Gasteiger partial charge on any atom is -0.319 e. The van der Waals surface area contributed by atoms with E-state index in [0.717, 1.165) is 49.7 Å². The van der Waals surface area contributed by atoms with Crippen LogP contribution in [0.1, 0.15) is 22.0 Å². The van der Waals surface area contributed by atoms with Crippen molar-refractivity contribution in [1.29, 1.82) is 0 Å². The van der Waals surface area contributed by atoms with Gasteiger partial charge in [-0.25, -0.2) is 4.39 Å². The Morgan fingerprint density at radius 1 is 1.03 bits per heavy atom. The second-order valence-electron chi connectivity index (χ2n) is 7.92. The van der Waals surface area contributed by atoms with Crippen molar-refractivity contribution in [3.63, 3.8) is 0 Å². The van der Waals surface area contributed by atoms with Crippen molar-refractivity contribution >= 4 is 11.6 Å². The molecule has 1 fully saturated rings. The van der Waals surface area contributed by atoms with E-state index in [-0.39, 0.29) is 11.7 Å². The van der Waals surface area contributed by atoms with Crippen molar-refractivity contribution in [2.75, 3.05) is 18.4 Å². The second-order valence-corrected chi connectivity index (χ2v) is 7.92. The minimum atomic E-state index is -0.233. The van der Waals surface area contributed by atoms with Crippen molar-refractivity contribution < 1.29 is 9.18 Å². The van der Waals surface area contributed by atoms with Crippen LogP contribution in [-0.2, 0) is 19.5 Å². The number of benzene rings is 2. The summed E-state index contributed by atoms with van der Waals surface area (Å²) in [4.78, 5) is 15.1. The fourth-order valence-corrected chi connectivity index (χ4v) is 4.52. The number of hydrogen-bond acceptors (Lipinski definition) is 4. The molecule has 0 saturated carbocycles. The minimum absolute atomic E-state index is 0.195. The van der Waals surface area contributed by atoms with Crippen molar-refractivity contribution in [3.8, 4) is 0 Å². The van der Waals surface area contributed by atoms with Gasteiger partial charge in [0.05, 0.1) is 0 Å². The molecule has 2 aliphatic heterocycles. The SMILES string of the molecule is O=C(Nc1ccccc1)c1nnc2n1C[C@H]1CN(Cc3cccc(F)c3)C[C@H]1C2. The summed E-state index contributed by atoms with van der Waals surface area (Å²) in [6.45, 7) is 3.37. The van der Waals surface area contributed by atoms with Gasteiger partial charge in [0.1, 0.15) is 11.6 Å². The summed E-state index contributed by atoms with van der Waals surface area (Å²) in [5.74, 6) is 1.74. The molecule has 148 valence electrons. The summed E-state index contributed by atoms with van der Waals surface area (Å²) in [6.07, 6.45) is 0.815. The Balaban J connectivity index is 1.28. The van der Waals surface area contributed by atoms with Gasteiger partial charge in [-0.05, 0) is 41.7 Å². The molecule has 5 rings (SSSR count). The van der Waals surface area contributed by atoms with E-state index in [4.69, 9.17) is 0 Å². The van der Waals surface area contributed by atoms with Crippen LogP contribution >= 0.6 is 0 Å². The van der Waals surface area contributed by atoms with E-state index >= 15 is 0 Å². The molecule has 2 aliphatic rings. The number of halogens is 1. The average molecular weight is 391 g/mol. The van der Waals surface area contributed by atoms with Gasteiger partial charge in [0.15, 0.2) is 0 Å². The Labute approximate surface area is 168 Å². The van der Waals surface area contributed by atoms with Gasteiger partial charge in [-0.3, -0.25) is 9.69 Å². The van der Waals surface area contributed by atoms with Gasteiger partial charge >= 0.3 is 0 Å². The molecular formula is C22H22FN5O. The second kappa shape index (κ2) is 7.40. The highest BCUT2D eigenvalue weighted by Gasteiger charge is 2.39. The molecule has 2 aromatic carbocycles. The third-order valence-electron chi connectivity index (χ3n) is 5.87. The summed E-state index contributed by atoms with van der Waals surface area (Å²) >= 11 is 0. The zero-order valence-corrected chi connectivity index (χ0v) is 16.0. The van der Waals surface area contributed by atoms with Crippen LogP contribution < -0.4 is 5.32 Å². The highest BCUT2D eigenvalue weighted by Crippen LogP contribution is 2.33. The number of nitrogens with one attached hydrogen (secondary N) is 1. The maximum atomic E-state index is 13.5. The Morgan fingerprint density at radius 2 is 1.86 bits per heavy atom. The van der Waals surface area contributed by atoms with Gasteiger partial charge in [-0.15, -0.1) is 10.2 Å². The van der Waals surface area contributed by atoms with Crippen LogP contribution in [0.5, 0.6) is 0 Å². The van der Waals surface area contributed by atoms with Crippen LogP contribution in [-0.4, -0.2) is 38.7 Å². The average Bonchev–Trinajstić information content (AvgIpc) is 3.29. The van der Waals surface area contributed by atoms with E-state index in [1.54, 1.807) is 12.1 Å². The third-order valence-corrected chi connectivity index (χ3v) is 5.87. The van der Waals surface area contributed by atoms with Gasteiger partial charge in [0, 0.05) is 38.3 Å². The van der Waals surface area contributed by atoms with Crippen LogP contribution in [0.2, 0.25) is 0 Å². The fourth-order valence-electron chi connectivity index (χ4n) is 4.52. The lowest BCUT2D eigenvalue weighted by Crippen LogP contribution is -2.31. The molecule has 2 atom stereocenters. The number of carbonyl (C=O) groups excluding carboxylic acids is 1. The summed E-state index contributed by atoms with van der Waals surface area (Å²) in [7, 11) is 0. The fraction of sp³-hybridized carbons (Fsp3) is 0.318. The number of amides is 1. The Bertz CT molecular complexity index is 1030. The number of anilines is 1. The standard InChI is InChI=1S/C22H22FN5O/c23-18-6-4-5-15(9-18)11-27-12-16-10-20-25-26-21(28(20)14-17(16)13-27)22(29)24-19-7-2-1-3-8-19/h1-9,16-17H,10-14H2,(H,24,29)/t16-,17-/m1/s1. The van der Waals surface area contributed by atoms with E-state index in [1.807, 2.05) is 41.0 Å². The molecule has 1 saturated heterocycles. The molecule has 1 N–H and O–H groups in total. The molecule has 0 aliphatic carbocycles. The zero-order chi connectivity index (χ0) is 19.8. The normalized spacial score (nSPS) is 20.9. The van der Waals surface area contributed by atoms with Gasteiger partial charge in [0.2, 0.25) is 5.82 Å². The van der Waals surface area contributed by atoms with Crippen molar-refractivity contribution in [2.24, 2.45) is 11.8 Å². The van der Waals surface area contributed by atoms with E-state index in [0.29, 0.717) is 17.7 Å². The van der Waals surface area contributed by atoms with Gasteiger partial charge in [0.25, 0.3) is 5.91 Å². The molecule has 7 heteroatoms. The third kappa shape index (κ3) is 3.65. The number of hydrogen-bond donors (Lipinski definition) is 1. The van der Waals surface area contributed by atoms with Crippen LogP contribution in [0, 0.1) is 17.7 Å². The quantitative estimate of drug-likeness (QED) is 0.743. The highest BCUT2D eigenvalue weighted by molar-refractivity contribution is 6.01. The highest BCUT2D eigenvalue weighted by atomic mass is 19.1. The Kier molecular flexibility index (Phi) is 4.60. The van der Waals surface area contributed by atoms with E-state index < -0.39 is 0 Å². The number of para-hydroxylation sites is 1. The zero-order valence-electron chi connectivity index (χ0n) is 16.0. The lowest BCUT2D eigenvalue weighted by Gasteiger charge is -2.25. The maximum absolute atomic E-state index is 13.5. The van der Waals surface area contributed by atoms with Crippen LogP contribution in [0.4, 0.5) is 10.1 Å². The molecule has 29 heavy (non-hydrogen) atoms. The molecule has 0 radical (unpaired) electrons. The maximum Gasteiger partial charge on any atom is 0.293 e. The summed E-state index contributed by atoms with van der Waals surface area (Å²) < 4.78 is 15.4. The van der Waals surface area contributed by atoms with E-state index in [2.05, 4.69) is 20.4 Å². The molecule has 3 aromatic rings. The largest absolute Gasteiger partial charge is 0.319 e. The monoisotopic (exact) mass is 391 g/mol. The topological polar surface area (TPSA) is 63.1 Å². The first-order chi connectivity index (χ1) is 14.2. The lowest BCUT2D eigenvalue weighted by molar-refractivity contribution is 0.100. The molecule has 0 bridgehead atoms. The smallest absolute Gasteiger partial charge is 0.293 e. The molecule has 1 aromatic heterocycles. The van der Waals surface area contributed by atoms with Crippen molar-refractivity contribution in [3.05, 3.63) is 77.6 Å². The predicted octanol–water partition coefficient (Wildman–Crippen LogP) is 2.97. The predicted molar refractivity (Wildman–Crippen MR) is 107 cm³/mol. The molecule has 0 spiro atoms. The number of fused-ring (bicyclic) bond motifs is 2.